The van der Waals surface area contributed by atoms with Crippen molar-refractivity contribution in [2.45, 2.75) is 13.5 Å². The van der Waals surface area contributed by atoms with Crippen molar-refractivity contribution in [2.75, 3.05) is 6.61 Å². The Hall–Kier alpha value is -3.57. The Bertz CT molecular complexity index is 1150. The molecule has 0 bridgehead atoms. The van der Waals surface area contributed by atoms with Gasteiger partial charge in [-0.25, -0.2) is 4.99 Å². The van der Waals surface area contributed by atoms with Crippen LogP contribution >= 0.6 is 11.8 Å². The summed E-state index contributed by atoms with van der Waals surface area (Å²) < 4.78 is 5.54. The van der Waals surface area contributed by atoms with Crippen LogP contribution in [-0.2, 0) is 11.3 Å². The van der Waals surface area contributed by atoms with Crippen LogP contribution in [0.5, 0.6) is 5.75 Å². The van der Waals surface area contributed by atoms with Gasteiger partial charge in [-0.1, -0.05) is 72.8 Å². The molecule has 0 spiro atoms. The van der Waals surface area contributed by atoms with Gasteiger partial charge in [-0.05, 0) is 60.2 Å². The van der Waals surface area contributed by atoms with E-state index < -0.39 is 0 Å². The van der Waals surface area contributed by atoms with Crippen molar-refractivity contribution in [3.05, 3.63) is 113 Å². The first-order valence-corrected chi connectivity index (χ1v) is 11.2. The van der Waals surface area contributed by atoms with E-state index in [2.05, 4.69) is 6.58 Å². The van der Waals surface area contributed by atoms with Gasteiger partial charge in [0.25, 0.3) is 5.91 Å². The summed E-state index contributed by atoms with van der Waals surface area (Å²) in [7, 11) is 0. The SMILES string of the molecule is C=CCOc1ccc(/C=C2/SC(=Nc3ccc(C)cc3)N(Cc3ccccc3)C2=O)cc1. The lowest BCUT2D eigenvalue weighted by atomic mass is 10.2. The molecule has 3 aromatic rings. The van der Waals surface area contributed by atoms with Gasteiger partial charge in [-0.15, -0.1) is 0 Å². The molecule has 1 aliphatic heterocycles. The van der Waals surface area contributed by atoms with Gasteiger partial charge in [0, 0.05) is 0 Å². The average Bonchev–Trinajstić information content (AvgIpc) is 3.09. The summed E-state index contributed by atoms with van der Waals surface area (Å²) in [4.78, 5) is 20.5. The summed E-state index contributed by atoms with van der Waals surface area (Å²) in [6.45, 7) is 6.64. The van der Waals surface area contributed by atoms with Crippen LogP contribution < -0.4 is 4.74 Å². The standard InChI is InChI=1S/C27H24N2O2S/c1-3-17-31-24-15-11-21(12-16-24)18-25-26(30)29(19-22-7-5-4-6-8-22)27(32-25)28-23-13-9-20(2)10-14-23/h3-16,18H,1,17,19H2,2H3/b25-18+,28-27?. The second-order valence-electron chi connectivity index (χ2n) is 7.39. The molecule has 1 saturated heterocycles. The molecule has 0 radical (unpaired) electrons. The van der Waals surface area contributed by atoms with E-state index in [1.807, 2.05) is 91.9 Å². The molecule has 32 heavy (non-hydrogen) atoms. The number of nitrogens with zero attached hydrogens (tertiary/aromatic N) is 2. The third-order valence-electron chi connectivity index (χ3n) is 4.88. The number of aliphatic imine (C=N–C) groups is 1. The van der Waals surface area contributed by atoms with E-state index in [0.717, 1.165) is 22.6 Å². The molecule has 1 fully saturated rings. The molecule has 5 heteroatoms. The van der Waals surface area contributed by atoms with Crippen molar-refractivity contribution in [2.24, 2.45) is 4.99 Å². The highest BCUT2D eigenvalue weighted by Crippen LogP contribution is 2.35. The number of ether oxygens (including phenoxy) is 1. The van der Waals surface area contributed by atoms with E-state index >= 15 is 0 Å². The third kappa shape index (κ3) is 5.37. The largest absolute Gasteiger partial charge is 0.490 e. The maximum Gasteiger partial charge on any atom is 0.267 e. The summed E-state index contributed by atoms with van der Waals surface area (Å²) in [5, 5.41) is 0.680. The van der Waals surface area contributed by atoms with Crippen LogP contribution in [0, 0.1) is 6.92 Å². The van der Waals surface area contributed by atoms with Crippen molar-refractivity contribution < 1.29 is 9.53 Å². The zero-order chi connectivity index (χ0) is 22.3. The number of aryl methyl sites for hydroxylation is 1. The first kappa shape index (κ1) is 21.7. The van der Waals surface area contributed by atoms with E-state index in [-0.39, 0.29) is 5.91 Å². The Morgan fingerprint density at radius 2 is 1.72 bits per heavy atom. The fourth-order valence-corrected chi connectivity index (χ4v) is 4.19. The predicted molar refractivity (Wildman–Crippen MR) is 133 cm³/mol. The fraction of sp³-hybridized carbons (Fsp3) is 0.111. The van der Waals surface area contributed by atoms with E-state index in [9.17, 15) is 4.79 Å². The van der Waals surface area contributed by atoms with Gasteiger partial charge in [0.15, 0.2) is 5.17 Å². The van der Waals surface area contributed by atoms with E-state index in [1.165, 1.54) is 17.3 Å². The molecule has 0 N–H and O–H groups in total. The number of carbonyl (C=O) groups is 1. The molecule has 0 saturated carbocycles. The molecule has 0 aliphatic carbocycles. The van der Waals surface area contributed by atoms with Crippen molar-refractivity contribution >= 4 is 34.6 Å². The first-order valence-electron chi connectivity index (χ1n) is 10.4. The lowest BCUT2D eigenvalue weighted by Gasteiger charge is -2.15. The number of benzene rings is 3. The minimum Gasteiger partial charge on any atom is -0.490 e. The van der Waals surface area contributed by atoms with Gasteiger partial charge >= 0.3 is 0 Å². The Morgan fingerprint density at radius 1 is 1.00 bits per heavy atom. The summed E-state index contributed by atoms with van der Waals surface area (Å²) >= 11 is 1.40. The molecule has 1 heterocycles. The number of amides is 1. The van der Waals surface area contributed by atoms with E-state index in [0.29, 0.717) is 23.2 Å². The van der Waals surface area contributed by atoms with Crippen LogP contribution in [0.15, 0.2) is 101 Å². The zero-order valence-corrected chi connectivity index (χ0v) is 18.7. The van der Waals surface area contributed by atoms with Crippen LogP contribution in [0.25, 0.3) is 6.08 Å². The van der Waals surface area contributed by atoms with Gasteiger partial charge in [0.05, 0.1) is 17.1 Å². The molecule has 4 rings (SSSR count). The number of amidine groups is 1. The molecular formula is C27H24N2O2S. The van der Waals surface area contributed by atoms with Crippen molar-refractivity contribution in [1.82, 2.24) is 4.90 Å². The molecule has 0 atom stereocenters. The molecule has 1 amide bonds. The Balaban J connectivity index is 1.62. The van der Waals surface area contributed by atoms with Gasteiger partial charge in [-0.3, -0.25) is 9.69 Å². The highest BCUT2D eigenvalue weighted by atomic mass is 32.2. The molecule has 3 aromatic carbocycles. The number of hydrogen-bond acceptors (Lipinski definition) is 4. The number of rotatable bonds is 7. The van der Waals surface area contributed by atoms with Crippen molar-refractivity contribution in [3.63, 3.8) is 0 Å². The van der Waals surface area contributed by atoms with Crippen LogP contribution in [0.2, 0.25) is 0 Å². The fourth-order valence-electron chi connectivity index (χ4n) is 3.19. The second kappa shape index (κ2) is 10.2. The van der Waals surface area contributed by atoms with Gasteiger partial charge in [0.1, 0.15) is 12.4 Å². The highest BCUT2D eigenvalue weighted by molar-refractivity contribution is 8.18. The van der Waals surface area contributed by atoms with Crippen LogP contribution in [-0.4, -0.2) is 22.6 Å². The lowest BCUT2D eigenvalue weighted by molar-refractivity contribution is -0.122. The molecule has 4 nitrogen and oxygen atoms in total. The van der Waals surface area contributed by atoms with E-state index in [1.54, 1.807) is 11.0 Å². The summed E-state index contributed by atoms with van der Waals surface area (Å²) in [5.41, 5.74) is 3.99. The van der Waals surface area contributed by atoms with E-state index in [4.69, 9.17) is 9.73 Å². The maximum absolute atomic E-state index is 13.3. The van der Waals surface area contributed by atoms with Gasteiger partial charge in [0.2, 0.25) is 0 Å². The molecule has 0 unspecified atom stereocenters. The third-order valence-corrected chi connectivity index (χ3v) is 5.88. The second-order valence-corrected chi connectivity index (χ2v) is 8.40. The Kier molecular flexibility index (Phi) is 6.87. The quantitative estimate of drug-likeness (QED) is 0.317. The van der Waals surface area contributed by atoms with Gasteiger partial charge < -0.3 is 4.74 Å². The monoisotopic (exact) mass is 440 g/mol. The molecule has 1 aliphatic rings. The average molecular weight is 441 g/mol. The number of thioether (sulfide) groups is 1. The normalized spacial score (nSPS) is 16.0. The Morgan fingerprint density at radius 3 is 2.41 bits per heavy atom. The lowest BCUT2D eigenvalue weighted by Crippen LogP contribution is -2.28. The van der Waals surface area contributed by atoms with Gasteiger partial charge in [-0.2, -0.15) is 0 Å². The predicted octanol–water partition coefficient (Wildman–Crippen LogP) is 6.36. The molecule has 0 aromatic heterocycles. The van der Waals surface area contributed by atoms with Crippen LogP contribution in [0.1, 0.15) is 16.7 Å². The highest BCUT2D eigenvalue weighted by Gasteiger charge is 2.33. The molecular weight excluding hydrogens is 416 g/mol. The summed E-state index contributed by atoms with van der Waals surface area (Å²) in [6, 6.07) is 25.6. The number of carbonyl (C=O) groups excluding carboxylic acids is 1. The smallest absolute Gasteiger partial charge is 0.267 e. The minimum atomic E-state index is -0.0447. The van der Waals surface area contributed by atoms with Crippen molar-refractivity contribution in [1.29, 1.82) is 0 Å². The Labute approximate surface area is 192 Å². The van der Waals surface area contributed by atoms with Crippen molar-refractivity contribution in [3.8, 4) is 5.75 Å². The maximum atomic E-state index is 13.3. The first-order chi connectivity index (χ1) is 15.6. The topological polar surface area (TPSA) is 41.9 Å². The summed E-state index contributed by atoms with van der Waals surface area (Å²) in [6.07, 6.45) is 3.61. The molecule has 160 valence electrons. The zero-order valence-electron chi connectivity index (χ0n) is 17.9. The number of hydrogen-bond donors (Lipinski definition) is 0. The summed E-state index contributed by atoms with van der Waals surface area (Å²) in [5.74, 6) is 0.724. The van der Waals surface area contributed by atoms with Crippen LogP contribution in [0.3, 0.4) is 0 Å². The van der Waals surface area contributed by atoms with Crippen LogP contribution in [0.4, 0.5) is 5.69 Å². The minimum absolute atomic E-state index is 0.0447.